The van der Waals surface area contributed by atoms with Gasteiger partial charge in [0.25, 0.3) is 5.56 Å². The first-order valence-corrected chi connectivity index (χ1v) is 14.9. The molecular formula is C29H40F2IN3O2. The van der Waals surface area contributed by atoms with Crippen LogP contribution in [-0.4, -0.2) is 55.3 Å². The number of halogens is 3. The number of piperidine rings is 1. The van der Waals surface area contributed by atoms with Gasteiger partial charge in [0.1, 0.15) is 0 Å². The third kappa shape index (κ3) is 6.37. The number of alkyl halides is 3. The number of amides is 1. The number of benzene rings is 1. The normalized spacial score (nSPS) is 21.5. The molecule has 2 atom stereocenters. The molecule has 8 heteroatoms. The molecule has 2 aliphatic rings. The Hall–Kier alpha value is -1.55. The molecule has 204 valence electrons. The molecule has 2 unspecified atom stereocenters. The fourth-order valence-electron chi connectivity index (χ4n) is 5.91. The molecule has 0 N–H and O–H groups in total. The smallest absolute Gasteiger partial charge is 0.255 e. The molecule has 37 heavy (non-hydrogen) atoms. The van der Waals surface area contributed by atoms with E-state index in [0.717, 1.165) is 37.0 Å². The Morgan fingerprint density at radius 2 is 1.84 bits per heavy atom. The van der Waals surface area contributed by atoms with Gasteiger partial charge >= 0.3 is 0 Å². The summed E-state index contributed by atoms with van der Waals surface area (Å²) in [4.78, 5) is 31.9. The average Bonchev–Trinajstić information content (AvgIpc) is 2.88. The van der Waals surface area contributed by atoms with E-state index in [1.165, 1.54) is 19.3 Å². The number of para-hydroxylation sites is 1. The van der Waals surface area contributed by atoms with Gasteiger partial charge in [0, 0.05) is 41.8 Å². The van der Waals surface area contributed by atoms with Crippen LogP contribution in [0.15, 0.2) is 35.1 Å². The van der Waals surface area contributed by atoms with E-state index in [2.05, 4.69) is 41.3 Å². The summed E-state index contributed by atoms with van der Waals surface area (Å²) in [7, 11) is 1.76. The molecule has 1 saturated carbocycles. The first-order chi connectivity index (χ1) is 17.5. The van der Waals surface area contributed by atoms with Crippen molar-refractivity contribution in [1.82, 2.24) is 14.4 Å². The van der Waals surface area contributed by atoms with Gasteiger partial charge in [-0.15, -0.1) is 0 Å². The second-order valence-corrected chi connectivity index (χ2v) is 13.1. The van der Waals surface area contributed by atoms with Crippen LogP contribution in [0.4, 0.5) is 8.78 Å². The molecule has 0 radical (unpaired) electrons. The van der Waals surface area contributed by atoms with Crippen LogP contribution in [0.1, 0.15) is 70.8 Å². The van der Waals surface area contributed by atoms with Crippen molar-refractivity contribution in [2.45, 2.75) is 87.1 Å². The molecule has 0 bridgehead atoms. The van der Waals surface area contributed by atoms with E-state index in [9.17, 15) is 18.4 Å². The van der Waals surface area contributed by atoms with Crippen molar-refractivity contribution in [2.75, 3.05) is 19.6 Å². The molecule has 1 aromatic carbocycles. The summed E-state index contributed by atoms with van der Waals surface area (Å²) < 4.78 is 29.6. The highest BCUT2D eigenvalue weighted by molar-refractivity contribution is 14.1. The summed E-state index contributed by atoms with van der Waals surface area (Å²) in [6.45, 7) is 7.45. The van der Waals surface area contributed by atoms with E-state index >= 15 is 0 Å². The highest BCUT2D eigenvalue weighted by Gasteiger charge is 2.44. The Labute approximate surface area is 232 Å². The van der Waals surface area contributed by atoms with E-state index < -0.39 is 17.4 Å². The van der Waals surface area contributed by atoms with Crippen LogP contribution >= 0.6 is 22.6 Å². The zero-order chi connectivity index (χ0) is 26.8. The number of pyridine rings is 1. The monoisotopic (exact) mass is 627 g/mol. The first kappa shape index (κ1) is 28.5. The van der Waals surface area contributed by atoms with Gasteiger partial charge < -0.3 is 14.4 Å². The number of rotatable bonds is 8. The van der Waals surface area contributed by atoms with Gasteiger partial charge in [0.15, 0.2) is 0 Å². The summed E-state index contributed by atoms with van der Waals surface area (Å²) >= 11 is 2.40. The van der Waals surface area contributed by atoms with Gasteiger partial charge in [-0.1, -0.05) is 54.1 Å². The molecule has 1 aliphatic carbocycles. The molecule has 1 saturated heterocycles. The second-order valence-electron chi connectivity index (χ2n) is 11.3. The summed E-state index contributed by atoms with van der Waals surface area (Å²) in [6.07, 6.45) is 4.31. The third-order valence-electron chi connectivity index (χ3n) is 8.72. The highest BCUT2D eigenvalue weighted by Crippen LogP contribution is 2.40. The fraction of sp³-hybridized carbons (Fsp3) is 0.655. The number of carbonyl (C=O) groups is 1. The fourth-order valence-corrected chi connectivity index (χ4v) is 6.55. The van der Waals surface area contributed by atoms with Crippen LogP contribution in [-0.2, 0) is 18.4 Å². The Balaban J connectivity index is 1.69. The lowest BCUT2D eigenvalue weighted by molar-refractivity contribution is -0.147. The number of hydrogen-bond donors (Lipinski definition) is 0. The molecule has 0 spiro atoms. The van der Waals surface area contributed by atoms with Crippen molar-refractivity contribution in [3.63, 3.8) is 0 Å². The third-order valence-corrected chi connectivity index (χ3v) is 10.1. The number of carbonyl (C=O) groups excluding carboxylic acids is 1. The topological polar surface area (TPSA) is 45.5 Å². The summed E-state index contributed by atoms with van der Waals surface area (Å²) in [5.41, 5.74) is 0.771. The standard InChI is InChI=1S/C29H40F2IN3O2/c1-21(32)28(2,15-18-34-16-7-4-8-17-34)35(27(37)22-11-13-29(30,31)14-12-22)20-24-19-23-9-5-6-10-25(23)33(3)26(24)36/h5-6,9-10,19,21-22H,4,7-8,11-18,20H2,1-3H3. The quantitative estimate of drug-likeness (QED) is 0.261. The SMILES string of the molecule is CC(I)C(C)(CCN1CCCCC1)N(Cc1cc2ccccc2n(C)c1=O)C(=O)C1CCC(F)(F)CC1. The summed E-state index contributed by atoms with van der Waals surface area (Å²) in [6, 6.07) is 9.64. The van der Waals surface area contributed by atoms with Crippen molar-refractivity contribution in [3.05, 3.63) is 46.2 Å². The van der Waals surface area contributed by atoms with Gasteiger partial charge in [-0.3, -0.25) is 9.59 Å². The van der Waals surface area contributed by atoms with Gasteiger partial charge in [-0.25, -0.2) is 8.78 Å². The van der Waals surface area contributed by atoms with Gasteiger partial charge in [0.05, 0.1) is 17.6 Å². The average molecular weight is 628 g/mol. The zero-order valence-corrected chi connectivity index (χ0v) is 24.5. The molecule has 1 aromatic heterocycles. The number of fused-ring (bicyclic) bond motifs is 1. The van der Waals surface area contributed by atoms with E-state index in [1.54, 1.807) is 11.6 Å². The molecule has 1 amide bonds. The van der Waals surface area contributed by atoms with Crippen LogP contribution in [0.2, 0.25) is 0 Å². The molecule has 2 aromatic rings. The van der Waals surface area contributed by atoms with E-state index in [0.29, 0.717) is 5.56 Å². The maximum absolute atomic E-state index is 14.1. The Morgan fingerprint density at radius 3 is 2.49 bits per heavy atom. The van der Waals surface area contributed by atoms with Crippen LogP contribution in [0.3, 0.4) is 0 Å². The van der Waals surface area contributed by atoms with Crippen molar-refractivity contribution in [3.8, 4) is 0 Å². The van der Waals surface area contributed by atoms with Crippen LogP contribution in [0, 0.1) is 5.92 Å². The van der Waals surface area contributed by atoms with E-state index in [-0.39, 0.29) is 47.6 Å². The molecule has 4 rings (SSSR count). The van der Waals surface area contributed by atoms with E-state index in [1.807, 2.05) is 35.2 Å². The van der Waals surface area contributed by atoms with Gasteiger partial charge in [-0.2, -0.15) is 0 Å². The minimum absolute atomic E-state index is 0.0876. The zero-order valence-electron chi connectivity index (χ0n) is 22.3. The lowest BCUT2D eigenvalue weighted by atomic mass is 9.83. The predicted octanol–water partition coefficient (Wildman–Crippen LogP) is 6.15. The number of hydrogen-bond acceptors (Lipinski definition) is 3. The molecule has 5 nitrogen and oxygen atoms in total. The predicted molar refractivity (Wildman–Crippen MR) is 153 cm³/mol. The second kappa shape index (κ2) is 11.7. The van der Waals surface area contributed by atoms with E-state index in [4.69, 9.17) is 0 Å². The Kier molecular flexibility index (Phi) is 8.98. The minimum atomic E-state index is -2.69. The summed E-state index contributed by atoms with van der Waals surface area (Å²) in [5, 5.41) is 0.946. The van der Waals surface area contributed by atoms with Crippen LogP contribution in [0.25, 0.3) is 10.9 Å². The largest absolute Gasteiger partial charge is 0.331 e. The maximum Gasteiger partial charge on any atom is 0.255 e. The molecule has 2 heterocycles. The highest BCUT2D eigenvalue weighted by atomic mass is 127. The van der Waals surface area contributed by atoms with Crippen molar-refractivity contribution in [2.24, 2.45) is 13.0 Å². The number of likely N-dealkylation sites (tertiary alicyclic amines) is 1. The van der Waals surface area contributed by atoms with Gasteiger partial charge in [-0.05, 0) is 69.6 Å². The Morgan fingerprint density at radius 1 is 1.19 bits per heavy atom. The Bertz CT molecular complexity index is 1150. The lowest BCUT2D eigenvalue weighted by Crippen LogP contribution is -2.57. The van der Waals surface area contributed by atoms with Crippen molar-refractivity contribution in [1.29, 1.82) is 0 Å². The number of aryl methyl sites for hydroxylation is 1. The summed E-state index contributed by atoms with van der Waals surface area (Å²) in [5.74, 6) is -3.21. The first-order valence-electron chi connectivity index (χ1n) is 13.7. The lowest BCUT2D eigenvalue weighted by Gasteiger charge is -2.47. The van der Waals surface area contributed by atoms with Crippen molar-refractivity contribution < 1.29 is 13.6 Å². The molecule has 2 fully saturated rings. The minimum Gasteiger partial charge on any atom is -0.331 e. The van der Waals surface area contributed by atoms with Crippen molar-refractivity contribution >= 4 is 39.4 Å². The van der Waals surface area contributed by atoms with Crippen LogP contribution in [0.5, 0.6) is 0 Å². The van der Waals surface area contributed by atoms with Crippen LogP contribution < -0.4 is 5.56 Å². The molecule has 1 aliphatic heterocycles. The number of nitrogens with zero attached hydrogens (tertiary/aromatic N) is 3. The maximum atomic E-state index is 14.1. The van der Waals surface area contributed by atoms with Gasteiger partial charge in [0.2, 0.25) is 11.8 Å². The number of aromatic nitrogens is 1. The molecular weight excluding hydrogens is 587 g/mol.